The highest BCUT2D eigenvalue weighted by Crippen LogP contribution is 2.33. The van der Waals surface area contributed by atoms with Gasteiger partial charge in [0.05, 0.1) is 16.7 Å². The van der Waals surface area contributed by atoms with Gasteiger partial charge in [-0.25, -0.2) is 9.79 Å². The fourth-order valence-corrected chi connectivity index (χ4v) is 5.27. The predicted octanol–water partition coefficient (Wildman–Crippen LogP) is 4.28. The van der Waals surface area contributed by atoms with E-state index >= 15 is 0 Å². The molecule has 9 heteroatoms. The Labute approximate surface area is 211 Å². The molecule has 2 heterocycles. The Kier molecular flexibility index (Phi) is 6.98. The lowest BCUT2D eigenvalue weighted by Crippen LogP contribution is -2.35. The van der Waals surface area contributed by atoms with Gasteiger partial charge in [0, 0.05) is 35.5 Å². The fraction of sp³-hybridized carbons (Fsp3) is 0.240. The van der Waals surface area contributed by atoms with Gasteiger partial charge in [-0.15, -0.1) is 0 Å². The zero-order valence-corrected chi connectivity index (χ0v) is 21.5. The van der Waals surface area contributed by atoms with E-state index in [1.54, 1.807) is 38.1 Å². The molecule has 6 nitrogen and oxygen atoms in total. The molecular weight excluding hydrogens is 493 g/mol. The molecule has 0 unspecified atom stereocenters. The maximum atomic E-state index is 13.3. The second-order valence-electron chi connectivity index (χ2n) is 7.94. The number of nitrogens with zero attached hydrogens (tertiary/aromatic N) is 3. The molecule has 0 fully saturated rings. The Morgan fingerprint density at radius 2 is 1.91 bits per heavy atom. The molecule has 0 radical (unpaired) electrons. The number of halogens is 2. The number of allylic oxidation sites excluding steroid dienone is 1. The minimum atomic E-state index is -0.583. The Morgan fingerprint density at radius 3 is 2.53 bits per heavy atom. The number of thiazole rings is 1. The number of esters is 1. The average Bonchev–Trinajstić information content (AvgIpc) is 3.11. The molecule has 0 aliphatic carbocycles. The van der Waals surface area contributed by atoms with Crippen molar-refractivity contribution in [3.63, 3.8) is 0 Å². The van der Waals surface area contributed by atoms with Crippen molar-refractivity contribution in [2.45, 2.75) is 19.9 Å². The van der Waals surface area contributed by atoms with Crippen LogP contribution in [0.5, 0.6) is 0 Å². The van der Waals surface area contributed by atoms with Crippen molar-refractivity contribution in [3.8, 4) is 0 Å². The number of carbonyl (C=O) groups is 1. The van der Waals surface area contributed by atoms with E-state index in [2.05, 4.69) is 0 Å². The normalized spacial score (nSPS) is 15.7. The summed E-state index contributed by atoms with van der Waals surface area (Å²) in [6.07, 6.45) is 1.71. The van der Waals surface area contributed by atoms with Crippen LogP contribution in [0.2, 0.25) is 10.0 Å². The summed E-state index contributed by atoms with van der Waals surface area (Å²) < 4.78 is 7.26. The number of carbonyl (C=O) groups excluding carboxylic acids is 1. The molecule has 0 N–H and O–H groups in total. The van der Waals surface area contributed by atoms with Gasteiger partial charge >= 0.3 is 5.97 Å². The van der Waals surface area contributed by atoms with Crippen LogP contribution in [0.3, 0.4) is 0 Å². The number of aromatic nitrogens is 1. The van der Waals surface area contributed by atoms with Gasteiger partial charge in [-0.05, 0) is 55.3 Å². The van der Waals surface area contributed by atoms with Crippen molar-refractivity contribution in [3.05, 3.63) is 88.9 Å². The molecule has 0 amide bonds. The topological polar surface area (TPSA) is 63.9 Å². The molecule has 1 atom stereocenters. The maximum Gasteiger partial charge on any atom is 0.338 e. The largest absolute Gasteiger partial charge is 0.463 e. The van der Waals surface area contributed by atoms with E-state index in [-0.39, 0.29) is 12.2 Å². The van der Waals surface area contributed by atoms with Gasteiger partial charge < -0.3 is 9.64 Å². The molecule has 1 aliphatic heterocycles. The summed E-state index contributed by atoms with van der Waals surface area (Å²) in [6, 6.07) is 12.3. The number of fused-ring (bicyclic) bond motifs is 1. The summed E-state index contributed by atoms with van der Waals surface area (Å²) in [4.78, 5) is 33.6. The molecule has 0 spiro atoms. The summed E-state index contributed by atoms with van der Waals surface area (Å²) in [5.41, 5.74) is 3.13. The van der Waals surface area contributed by atoms with E-state index in [9.17, 15) is 9.59 Å². The monoisotopic (exact) mass is 515 g/mol. The van der Waals surface area contributed by atoms with Crippen LogP contribution in [0.4, 0.5) is 5.69 Å². The van der Waals surface area contributed by atoms with Crippen LogP contribution in [0.1, 0.15) is 31.0 Å². The highest BCUT2D eigenvalue weighted by Gasteiger charge is 2.31. The Bertz CT molecular complexity index is 1470. The van der Waals surface area contributed by atoms with Crippen molar-refractivity contribution in [2.75, 3.05) is 25.6 Å². The molecule has 0 bridgehead atoms. The van der Waals surface area contributed by atoms with E-state index in [0.717, 1.165) is 11.3 Å². The van der Waals surface area contributed by atoms with Crippen molar-refractivity contribution in [1.82, 2.24) is 4.57 Å². The van der Waals surface area contributed by atoms with Crippen LogP contribution < -0.4 is 19.8 Å². The maximum absolute atomic E-state index is 13.3. The minimum Gasteiger partial charge on any atom is -0.463 e. The summed E-state index contributed by atoms with van der Waals surface area (Å²) in [7, 11) is 3.92. The molecule has 0 saturated carbocycles. The van der Waals surface area contributed by atoms with Gasteiger partial charge in [0.1, 0.15) is 6.04 Å². The van der Waals surface area contributed by atoms with E-state index in [0.29, 0.717) is 36.2 Å². The number of ether oxygens (including phenoxy) is 1. The number of hydrogen-bond donors (Lipinski definition) is 0. The smallest absolute Gasteiger partial charge is 0.338 e. The lowest BCUT2D eigenvalue weighted by molar-refractivity contribution is -0.138. The Hall–Kier alpha value is -2.87. The molecule has 2 aromatic carbocycles. The van der Waals surface area contributed by atoms with Crippen molar-refractivity contribution < 1.29 is 9.53 Å². The van der Waals surface area contributed by atoms with Gasteiger partial charge in [-0.2, -0.15) is 0 Å². The van der Waals surface area contributed by atoms with Crippen LogP contribution in [0.25, 0.3) is 11.8 Å². The van der Waals surface area contributed by atoms with E-state index in [1.165, 1.54) is 15.9 Å². The molecule has 0 saturated heterocycles. The quantitative estimate of drug-likeness (QED) is 0.475. The Balaban J connectivity index is 1.92. The van der Waals surface area contributed by atoms with Gasteiger partial charge in [-0.3, -0.25) is 9.36 Å². The average molecular weight is 516 g/mol. The summed E-state index contributed by atoms with van der Waals surface area (Å²) in [6.45, 7) is 3.72. The van der Waals surface area contributed by atoms with Crippen molar-refractivity contribution in [2.24, 2.45) is 4.99 Å². The molecule has 176 valence electrons. The first-order valence-electron chi connectivity index (χ1n) is 10.6. The van der Waals surface area contributed by atoms with Crippen molar-refractivity contribution in [1.29, 1.82) is 0 Å². The van der Waals surface area contributed by atoms with Crippen LogP contribution >= 0.6 is 34.5 Å². The fourth-order valence-electron chi connectivity index (χ4n) is 3.77. The van der Waals surface area contributed by atoms with Crippen LogP contribution in [0, 0.1) is 0 Å². The third-order valence-corrected chi connectivity index (χ3v) is 7.06. The van der Waals surface area contributed by atoms with E-state index in [4.69, 9.17) is 32.9 Å². The highest BCUT2D eigenvalue weighted by atomic mass is 35.5. The lowest BCUT2D eigenvalue weighted by Gasteiger charge is -2.23. The minimum absolute atomic E-state index is 0.224. The first-order chi connectivity index (χ1) is 16.2. The summed E-state index contributed by atoms with van der Waals surface area (Å²) in [5.74, 6) is -0.486. The van der Waals surface area contributed by atoms with Crippen molar-refractivity contribution >= 4 is 58.0 Å². The predicted molar refractivity (Wildman–Crippen MR) is 138 cm³/mol. The number of benzene rings is 2. The van der Waals surface area contributed by atoms with Gasteiger partial charge in [-0.1, -0.05) is 52.7 Å². The first-order valence-corrected chi connectivity index (χ1v) is 12.2. The number of rotatable bonds is 5. The van der Waals surface area contributed by atoms with E-state index < -0.39 is 12.0 Å². The van der Waals surface area contributed by atoms with Crippen LogP contribution in [-0.2, 0) is 9.53 Å². The van der Waals surface area contributed by atoms with Crippen LogP contribution in [0.15, 0.2) is 57.8 Å². The number of hydrogen-bond acceptors (Lipinski definition) is 6. The summed E-state index contributed by atoms with van der Waals surface area (Å²) >= 11 is 13.6. The van der Waals surface area contributed by atoms with Gasteiger partial charge in [0.15, 0.2) is 4.80 Å². The molecular formula is C25H23Cl2N3O3S. The molecule has 4 rings (SSSR count). The third-order valence-electron chi connectivity index (χ3n) is 5.51. The lowest BCUT2D eigenvalue weighted by atomic mass is 9.96. The Morgan fingerprint density at radius 1 is 1.21 bits per heavy atom. The summed E-state index contributed by atoms with van der Waals surface area (Å²) in [5, 5.41) is 0.957. The highest BCUT2D eigenvalue weighted by molar-refractivity contribution is 7.07. The third kappa shape index (κ3) is 4.56. The molecule has 1 aromatic heterocycles. The first kappa shape index (κ1) is 24.3. The number of anilines is 1. The molecule has 34 heavy (non-hydrogen) atoms. The van der Waals surface area contributed by atoms with Gasteiger partial charge in [0.2, 0.25) is 0 Å². The molecule has 3 aromatic rings. The zero-order chi connectivity index (χ0) is 24.6. The zero-order valence-electron chi connectivity index (χ0n) is 19.1. The second-order valence-corrected chi connectivity index (χ2v) is 9.79. The standard InChI is InChI=1S/C25H23Cl2N3O3S/c1-5-33-24(32)21-14(2)30-23(31)20(12-16-6-9-17(26)13-19(16)27)34-25(30)28-22(21)15-7-10-18(11-8-15)29(3)4/h6-13,22H,5H2,1-4H3/b20-12-/t22-/m1/s1. The van der Waals surface area contributed by atoms with E-state index in [1.807, 2.05) is 43.3 Å². The van der Waals surface area contributed by atoms with Crippen LogP contribution in [-0.4, -0.2) is 31.2 Å². The molecule has 1 aliphatic rings. The SMILES string of the molecule is CCOC(=O)C1=C(C)n2c(s/c(=C\c3ccc(Cl)cc3Cl)c2=O)=N[C@@H]1c1ccc(N(C)C)cc1. The van der Waals surface area contributed by atoms with Gasteiger partial charge in [0.25, 0.3) is 5.56 Å². The second kappa shape index (κ2) is 9.78.